The van der Waals surface area contributed by atoms with Crippen LogP contribution in [0, 0.1) is 72.0 Å². The summed E-state index contributed by atoms with van der Waals surface area (Å²) in [6.45, 7) is 11.0. The standard InChI is InChI=1S/C30H25BF10N2/c1-8-15-10(3)29-12(5)30-11(4)16(9-2)14(7)43(30)31(42(29)13(15)6,17-19(32)23(36)27(40)24(37)20(17)33)18-21(34)25(38)28(41)26(39)22(18)35/h8-9H2,1-7H3. The van der Waals surface area contributed by atoms with Crippen LogP contribution in [-0.2, 0) is 6.42 Å². The maximum absolute atomic E-state index is 16.1. The van der Waals surface area contributed by atoms with E-state index in [-0.39, 0.29) is 35.6 Å². The fraction of sp³-hybridized carbons (Fsp3) is 0.300. The highest BCUT2D eigenvalue weighted by Gasteiger charge is 2.61. The van der Waals surface area contributed by atoms with Crippen molar-refractivity contribution in [1.82, 2.24) is 4.48 Å². The van der Waals surface area contributed by atoms with Crippen LogP contribution >= 0.6 is 0 Å². The monoisotopic (exact) mass is 614 g/mol. The van der Waals surface area contributed by atoms with Crippen LogP contribution in [0.5, 0.6) is 0 Å². The zero-order valence-electron chi connectivity index (χ0n) is 24.2. The summed E-state index contributed by atoms with van der Waals surface area (Å²) in [5.74, 6) is -24.7. The molecule has 5 rings (SSSR count). The van der Waals surface area contributed by atoms with Gasteiger partial charge in [0, 0.05) is 29.3 Å². The van der Waals surface area contributed by atoms with Crippen LogP contribution in [0.2, 0.25) is 0 Å². The first-order chi connectivity index (χ1) is 20.0. The van der Waals surface area contributed by atoms with Gasteiger partial charge in [-0.3, -0.25) is 0 Å². The lowest BCUT2D eigenvalue weighted by Gasteiger charge is -2.46. The lowest BCUT2D eigenvalue weighted by Crippen LogP contribution is -2.77. The molecule has 13 heteroatoms. The molecule has 3 heterocycles. The Bertz CT molecular complexity index is 1770. The zero-order chi connectivity index (χ0) is 32.2. The predicted molar refractivity (Wildman–Crippen MR) is 143 cm³/mol. The Balaban J connectivity index is 2.28. The molecule has 0 fully saturated rings. The van der Waals surface area contributed by atoms with Gasteiger partial charge in [0.15, 0.2) is 40.6 Å². The lowest BCUT2D eigenvalue weighted by atomic mass is 9.34. The Labute approximate surface area is 240 Å². The van der Waals surface area contributed by atoms with Crippen LogP contribution in [0.25, 0.3) is 5.57 Å². The topological polar surface area (TPSA) is 7.94 Å². The summed E-state index contributed by atoms with van der Waals surface area (Å²) in [6, 6.07) is 0. The molecule has 3 aromatic rings. The van der Waals surface area contributed by atoms with Crippen molar-refractivity contribution in [3.05, 3.63) is 97.5 Å². The van der Waals surface area contributed by atoms with Crippen molar-refractivity contribution >= 4 is 28.6 Å². The van der Waals surface area contributed by atoms with Crippen molar-refractivity contribution < 1.29 is 48.4 Å². The van der Waals surface area contributed by atoms with E-state index >= 15 is 35.1 Å². The van der Waals surface area contributed by atoms with Gasteiger partial charge in [-0.05, 0) is 68.3 Å². The number of rotatable bonds is 4. The van der Waals surface area contributed by atoms with Gasteiger partial charge in [0.2, 0.25) is 0 Å². The fourth-order valence-electron chi connectivity index (χ4n) is 7.56. The summed E-state index contributed by atoms with van der Waals surface area (Å²) in [5, 5.41) is 0. The molecule has 2 aliphatic rings. The first kappa shape index (κ1) is 30.7. The minimum atomic E-state index is -4.45. The number of allylic oxidation sites excluding steroid dienone is 3. The first-order valence-electron chi connectivity index (χ1n) is 13.5. The molecule has 1 aromatic heterocycles. The average Bonchev–Trinajstić information content (AvgIpc) is 3.39. The van der Waals surface area contributed by atoms with Gasteiger partial charge in [-0.25, -0.2) is 43.9 Å². The quantitative estimate of drug-likeness (QED) is 0.128. The van der Waals surface area contributed by atoms with Crippen molar-refractivity contribution in [2.24, 2.45) is 0 Å². The molecule has 0 unspecified atom stereocenters. The maximum atomic E-state index is 16.1. The van der Waals surface area contributed by atoms with Gasteiger partial charge >= 0.3 is 6.42 Å². The molecule has 0 saturated carbocycles. The molecule has 0 N–H and O–H groups in total. The molecule has 0 spiro atoms. The fourth-order valence-corrected chi connectivity index (χ4v) is 7.56. The van der Waals surface area contributed by atoms with Crippen LogP contribution in [0.4, 0.5) is 43.9 Å². The van der Waals surface area contributed by atoms with E-state index in [0.717, 1.165) is 8.96 Å². The number of nitrogens with zero attached hydrogens (tertiary/aromatic N) is 2. The van der Waals surface area contributed by atoms with Crippen molar-refractivity contribution in [3.63, 3.8) is 0 Å². The van der Waals surface area contributed by atoms with Crippen LogP contribution in [0.3, 0.4) is 0 Å². The highest BCUT2D eigenvalue weighted by Crippen LogP contribution is 2.45. The molecule has 0 atom stereocenters. The average molecular weight is 614 g/mol. The lowest BCUT2D eigenvalue weighted by molar-refractivity contribution is -0.331. The second-order valence-corrected chi connectivity index (χ2v) is 10.9. The smallest absolute Gasteiger partial charge is 0.446 e. The molecule has 2 nitrogen and oxygen atoms in total. The predicted octanol–water partition coefficient (Wildman–Crippen LogP) is 7.12. The van der Waals surface area contributed by atoms with Gasteiger partial charge in [-0.15, -0.1) is 0 Å². The van der Waals surface area contributed by atoms with Crippen LogP contribution in [-0.4, -0.2) is 21.1 Å². The van der Waals surface area contributed by atoms with E-state index in [9.17, 15) is 8.78 Å². The van der Waals surface area contributed by atoms with E-state index in [0.29, 0.717) is 27.8 Å². The number of fused-ring (bicyclic) bond motifs is 2. The van der Waals surface area contributed by atoms with Crippen LogP contribution in [0.1, 0.15) is 63.6 Å². The third-order valence-electron chi connectivity index (χ3n) is 9.15. The number of halogens is 10. The highest BCUT2D eigenvalue weighted by atomic mass is 19.2. The Hall–Kier alpha value is -3.77. The van der Waals surface area contributed by atoms with E-state index in [1.54, 1.807) is 34.6 Å². The Morgan fingerprint density at radius 1 is 0.558 bits per heavy atom. The summed E-state index contributed by atoms with van der Waals surface area (Å²) in [4.78, 5) is 0. The number of benzene rings is 2. The van der Waals surface area contributed by atoms with Gasteiger partial charge in [-0.2, -0.15) is 0 Å². The molecule has 2 aromatic carbocycles. The summed E-state index contributed by atoms with van der Waals surface area (Å²) >= 11 is 0. The van der Waals surface area contributed by atoms with E-state index in [4.69, 9.17) is 0 Å². The maximum Gasteiger partial charge on any atom is 0.446 e. The zero-order valence-corrected chi connectivity index (χ0v) is 24.2. The third kappa shape index (κ3) is 3.47. The molecular weight excluding hydrogens is 589 g/mol. The summed E-state index contributed by atoms with van der Waals surface area (Å²) in [6.07, 6.45) is -3.96. The summed E-state index contributed by atoms with van der Waals surface area (Å²) in [7, 11) is 0. The Morgan fingerprint density at radius 3 is 1.33 bits per heavy atom. The molecule has 43 heavy (non-hydrogen) atoms. The second-order valence-electron chi connectivity index (χ2n) is 10.9. The number of hydrogen-bond donors (Lipinski definition) is 0. The largest absolute Gasteiger partial charge is 0.450 e. The van der Waals surface area contributed by atoms with Crippen molar-refractivity contribution in [3.8, 4) is 0 Å². The van der Waals surface area contributed by atoms with Crippen molar-refractivity contribution in [1.29, 1.82) is 0 Å². The Kier molecular flexibility index (Phi) is 7.05. The normalized spacial score (nSPS) is 16.1. The molecule has 0 amide bonds. The van der Waals surface area contributed by atoms with E-state index in [2.05, 4.69) is 0 Å². The molecule has 0 radical (unpaired) electrons. The van der Waals surface area contributed by atoms with E-state index in [1.807, 2.05) is 0 Å². The minimum absolute atomic E-state index is 0.0803. The molecular formula is C30H25BF10N2. The van der Waals surface area contributed by atoms with Gasteiger partial charge in [-0.1, -0.05) is 13.8 Å². The number of aromatic nitrogens is 1. The second kappa shape index (κ2) is 9.88. The SMILES string of the molecule is CCC1=C(C)C2=C(C)c3c(C)c(CC)c(C)n3[B-](c3c(F)c(F)c(F)c(F)c3F)(c3c(F)c(F)c(F)c(F)c3F)[N+]2=C1C. The first-order valence-corrected chi connectivity index (χ1v) is 13.5. The van der Waals surface area contributed by atoms with E-state index < -0.39 is 75.5 Å². The highest BCUT2D eigenvalue weighted by molar-refractivity contribution is 6.96. The van der Waals surface area contributed by atoms with Gasteiger partial charge in [0.1, 0.15) is 29.0 Å². The molecule has 0 aliphatic carbocycles. The van der Waals surface area contributed by atoms with Crippen LogP contribution < -0.4 is 10.9 Å². The summed E-state index contributed by atoms with van der Waals surface area (Å²) < 4.78 is 156. The third-order valence-corrected chi connectivity index (χ3v) is 9.15. The Morgan fingerprint density at radius 2 is 0.953 bits per heavy atom. The van der Waals surface area contributed by atoms with Crippen molar-refractivity contribution in [2.75, 3.05) is 0 Å². The molecule has 0 saturated heterocycles. The van der Waals surface area contributed by atoms with Gasteiger partial charge in [0.05, 0.1) is 0 Å². The molecule has 0 bridgehead atoms. The molecule has 2 aliphatic heterocycles. The van der Waals surface area contributed by atoms with Gasteiger partial charge < -0.3 is 8.96 Å². The minimum Gasteiger partial charge on any atom is -0.450 e. The van der Waals surface area contributed by atoms with Crippen LogP contribution in [0.15, 0.2) is 16.8 Å². The molecule has 228 valence electrons. The summed E-state index contributed by atoms with van der Waals surface area (Å²) in [5.41, 5.74) is -0.851. The van der Waals surface area contributed by atoms with Crippen molar-refractivity contribution in [2.45, 2.75) is 61.3 Å². The number of hydrogen-bond acceptors (Lipinski definition) is 0. The van der Waals surface area contributed by atoms with Gasteiger partial charge in [0.25, 0.3) is 0 Å². The van der Waals surface area contributed by atoms with E-state index in [1.165, 1.54) is 13.8 Å².